The first-order chi connectivity index (χ1) is 10.8. The van der Waals surface area contributed by atoms with E-state index in [2.05, 4.69) is 20.9 Å². The van der Waals surface area contributed by atoms with E-state index in [0.717, 1.165) is 25.3 Å². The molecular formula is C16H33IN4O2. The highest BCUT2D eigenvalue weighted by Gasteiger charge is 2.20. The van der Waals surface area contributed by atoms with Crippen molar-refractivity contribution in [1.82, 2.24) is 16.0 Å². The van der Waals surface area contributed by atoms with Gasteiger partial charge in [0, 0.05) is 32.2 Å². The molecule has 1 amide bonds. The molecule has 0 aromatic carbocycles. The summed E-state index contributed by atoms with van der Waals surface area (Å²) in [5.74, 6) is 1.20. The van der Waals surface area contributed by atoms with Gasteiger partial charge in [-0.05, 0) is 26.7 Å². The fourth-order valence-electron chi connectivity index (χ4n) is 2.58. The van der Waals surface area contributed by atoms with Crippen molar-refractivity contribution in [2.24, 2.45) is 10.9 Å². The predicted octanol–water partition coefficient (Wildman–Crippen LogP) is 1.89. The third-order valence-electron chi connectivity index (χ3n) is 3.75. The number of amides is 1. The van der Waals surface area contributed by atoms with Crippen LogP contribution in [0.15, 0.2) is 4.99 Å². The van der Waals surface area contributed by atoms with Crippen molar-refractivity contribution in [3.8, 4) is 0 Å². The molecule has 0 radical (unpaired) electrons. The molecule has 1 fully saturated rings. The highest BCUT2D eigenvalue weighted by Crippen LogP contribution is 2.23. The van der Waals surface area contributed by atoms with Gasteiger partial charge < -0.3 is 20.7 Å². The fraction of sp³-hybridized carbons (Fsp3) is 0.875. The van der Waals surface area contributed by atoms with Crippen LogP contribution >= 0.6 is 24.0 Å². The Kier molecular flexibility index (Phi) is 14.6. The Hall–Kier alpha value is -0.570. The minimum atomic E-state index is 0. The molecule has 7 heteroatoms. The van der Waals surface area contributed by atoms with E-state index in [1.807, 2.05) is 13.8 Å². The first-order valence-electron chi connectivity index (χ1n) is 8.65. The van der Waals surface area contributed by atoms with Gasteiger partial charge in [0.2, 0.25) is 5.91 Å². The van der Waals surface area contributed by atoms with Crippen LogP contribution in [0.3, 0.4) is 0 Å². The number of carbonyl (C=O) groups is 1. The molecule has 0 heterocycles. The maximum absolute atomic E-state index is 12.0. The highest BCUT2D eigenvalue weighted by atomic mass is 127. The molecule has 0 aromatic heterocycles. The number of hydrogen-bond donors (Lipinski definition) is 3. The van der Waals surface area contributed by atoms with E-state index in [1.165, 1.54) is 19.3 Å². The van der Waals surface area contributed by atoms with E-state index in [0.29, 0.717) is 32.8 Å². The topological polar surface area (TPSA) is 74.8 Å². The van der Waals surface area contributed by atoms with Crippen molar-refractivity contribution in [1.29, 1.82) is 0 Å². The maximum atomic E-state index is 12.0. The normalized spacial score (nSPS) is 15.7. The van der Waals surface area contributed by atoms with E-state index >= 15 is 0 Å². The lowest BCUT2D eigenvalue weighted by molar-refractivity contribution is -0.125. The molecule has 3 N–H and O–H groups in total. The molecular weight excluding hydrogens is 407 g/mol. The van der Waals surface area contributed by atoms with Crippen molar-refractivity contribution >= 4 is 35.8 Å². The van der Waals surface area contributed by atoms with Gasteiger partial charge in [0.05, 0.1) is 13.2 Å². The van der Waals surface area contributed by atoms with Gasteiger partial charge in [-0.2, -0.15) is 0 Å². The molecule has 1 aliphatic rings. The van der Waals surface area contributed by atoms with Crippen LogP contribution < -0.4 is 16.0 Å². The number of guanidine groups is 1. The average Bonchev–Trinajstić information content (AvgIpc) is 2.56. The molecule has 1 rings (SSSR count). The number of nitrogens with one attached hydrogen (secondary N) is 3. The summed E-state index contributed by atoms with van der Waals surface area (Å²) < 4.78 is 5.27. The zero-order valence-corrected chi connectivity index (χ0v) is 16.9. The van der Waals surface area contributed by atoms with Gasteiger partial charge in [-0.3, -0.25) is 9.79 Å². The summed E-state index contributed by atoms with van der Waals surface area (Å²) in [6.07, 6.45) is 5.73. The largest absolute Gasteiger partial charge is 0.380 e. The zero-order chi connectivity index (χ0) is 16.0. The summed E-state index contributed by atoms with van der Waals surface area (Å²) in [5, 5.41) is 9.42. The van der Waals surface area contributed by atoms with Crippen LogP contribution in [-0.4, -0.2) is 51.3 Å². The second-order valence-corrected chi connectivity index (χ2v) is 5.51. The Bertz CT molecular complexity index is 334. The lowest BCUT2D eigenvalue weighted by atomic mass is 9.89. The molecule has 0 saturated heterocycles. The van der Waals surface area contributed by atoms with Crippen LogP contribution in [0.25, 0.3) is 0 Å². The van der Waals surface area contributed by atoms with Crippen LogP contribution in [-0.2, 0) is 9.53 Å². The van der Waals surface area contributed by atoms with Gasteiger partial charge in [-0.1, -0.05) is 19.3 Å². The smallest absolute Gasteiger partial charge is 0.223 e. The molecule has 1 saturated carbocycles. The number of carbonyl (C=O) groups excluding carboxylic acids is 1. The van der Waals surface area contributed by atoms with Gasteiger partial charge in [0.25, 0.3) is 0 Å². The zero-order valence-electron chi connectivity index (χ0n) is 14.5. The van der Waals surface area contributed by atoms with Gasteiger partial charge in [-0.25, -0.2) is 0 Å². The quantitative estimate of drug-likeness (QED) is 0.222. The third-order valence-corrected chi connectivity index (χ3v) is 3.75. The van der Waals surface area contributed by atoms with Gasteiger partial charge in [-0.15, -0.1) is 24.0 Å². The lowest BCUT2D eigenvalue weighted by Gasteiger charge is -2.21. The molecule has 23 heavy (non-hydrogen) atoms. The molecule has 0 spiro atoms. The van der Waals surface area contributed by atoms with Crippen molar-refractivity contribution < 1.29 is 9.53 Å². The fourth-order valence-corrected chi connectivity index (χ4v) is 2.58. The molecule has 0 unspecified atom stereocenters. The van der Waals surface area contributed by atoms with E-state index in [9.17, 15) is 4.79 Å². The number of hydrogen-bond acceptors (Lipinski definition) is 3. The monoisotopic (exact) mass is 440 g/mol. The predicted molar refractivity (Wildman–Crippen MR) is 105 cm³/mol. The van der Waals surface area contributed by atoms with Crippen LogP contribution in [0.5, 0.6) is 0 Å². The van der Waals surface area contributed by atoms with Gasteiger partial charge in [0.15, 0.2) is 5.96 Å². The van der Waals surface area contributed by atoms with Crippen molar-refractivity contribution in [2.45, 2.75) is 46.0 Å². The Balaban J connectivity index is 0.00000484. The van der Waals surface area contributed by atoms with Crippen molar-refractivity contribution in [3.63, 3.8) is 0 Å². The molecule has 0 bridgehead atoms. The standard InChI is InChI=1S/C16H32N4O2.HI/c1-3-17-16(20-12-13-22-4-2)19-11-10-18-15(21)14-8-6-5-7-9-14;/h14H,3-13H2,1-2H3,(H,18,21)(H2,17,19,20);1H. The van der Waals surface area contributed by atoms with Crippen molar-refractivity contribution in [2.75, 3.05) is 39.4 Å². The lowest BCUT2D eigenvalue weighted by Crippen LogP contribution is -2.42. The summed E-state index contributed by atoms with van der Waals surface area (Å²) in [6, 6.07) is 0. The van der Waals surface area contributed by atoms with Crippen LogP contribution in [0.4, 0.5) is 0 Å². The third kappa shape index (κ3) is 10.8. The number of ether oxygens (including phenoxy) is 1. The second kappa shape index (κ2) is 15.0. The highest BCUT2D eigenvalue weighted by molar-refractivity contribution is 14.0. The van der Waals surface area contributed by atoms with E-state index in [1.54, 1.807) is 0 Å². The van der Waals surface area contributed by atoms with Crippen LogP contribution in [0.1, 0.15) is 46.0 Å². The minimum absolute atomic E-state index is 0. The van der Waals surface area contributed by atoms with Gasteiger partial charge in [0.1, 0.15) is 0 Å². The first-order valence-corrected chi connectivity index (χ1v) is 8.65. The Morgan fingerprint density at radius 3 is 2.43 bits per heavy atom. The number of nitrogens with zero attached hydrogens (tertiary/aromatic N) is 1. The maximum Gasteiger partial charge on any atom is 0.223 e. The van der Waals surface area contributed by atoms with Gasteiger partial charge >= 0.3 is 0 Å². The van der Waals surface area contributed by atoms with Crippen LogP contribution in [0.2, 0.25) is 0 Å². The minimum Gasteiger partial charge on any atom is -0.380 e. The van der Waals surface area contributed by atoms with Crippen LogP contribution in [0, 0.1) is 5.92 Å². The number of halogens is 1. The number of aliphatic imine (C=N–C) groups is 1. The summed E-state index contributed by atoms with van der Waals surface area (Å²) >= 11 is 0. The first kappa shape index (κ1) is 22.4. The molecule has 1 aliphatic carbocycles. The SMILES string of the molecule is CCNC(=NCCOCC)NCCNC(=O)C1CCCCC1.I. The number of rotatable bonds is 9. The average molecular weight is 440 g/mol. The molecule has 136 valence electrons. The summed E-state index contributed by atoms with van der Waals surface area (Å²) in [4.78, 5) is 16.4. The van der Waals surface area contributed by atoms with E-state index in [4.69, 9.17) is 4.74 Å². The molecule has 0 aliphatic heterocycles. The Morgan fingerprint density at radius 1 is 1.09 bits per heavy atom. The summed E-state index contributed by atoms with van der Waals surface area (Å²) in [6.45, 7) is 8.11. The molecule has 0 atom stereocenters. The Labute approximate surface area is 157 Å². The summed E-state index contributed by atoms with van der Waals surface area (Å²) in [5.41, 5.74) is 0. The Morgan fingerprint density at radius 2 is 1.78 bits per heavy atom. The molecule has 6 nitrogen and oxygen atoms in total. The molecule has 0 aromatic rings. The summed E-state index contributed by atoms with van der Waals surface area (Å²) in [7, 11) is 0. The van der Waals surface area contributed by atoms with E-state index in [-0.39, 0.29) is 35.8 Å². The van der Waals surface area contributed by atoms with Crippen molar-refractivity contribution in [3.05, 3.63) is 0 Å². The van der Waals surface area contributed by atoms with E-state index < -0.39 is 0 Å². The second-order valence-electron chi connectivity index (χ2n) is 5.51.